The van der Waals surface area contributed by atoms with Gasteiger partial charge in [-0.15, -0.1) is 0 Å². The molecule has 1 aliphatic rings. The Balaban J connectivity index is 1.65. The van der Waals surface area contributed by atoms with Crippen molar-refractivity contribution in [1.29, 1.82) is 0 Å². The molecule has 0 amide bonds. The van der Waals surface area contributed by atoms with Crippen LogP contribution in [0.1, 0.15) is 52.8 Å². The maximum atomic E-state index is 6.82. The topological polar surface area (TPSA) is 35.0 Å². The molecule has 0 aliphatic carbocycles. The molecule has 0 N–H and O–H groups in total. The SMILES string of the molecule is CC(C)(C)Cc1cc2cc3c4c(nccc4c2cn1)-c1cc2ccccc2c(CC(C)(C)C)c1O3. The largest absolute Gasteiger partial charge is 0.456 e. The Morgan fingerprint density at radius 3 is 2.29 bits per heavy atom. The first-order valence-corrected chi connectivity index (χ1v) is 12.5. The van der Waals surface area contributed by atoms with E-state index in [1.807, 2.05) is 12.4 Å². The smallest absolute Gasteiger partial charge is 0.140 e. The van der Waals surface area contributed by atoms with E-state index in [0.29, 0.717) is 0 Å². The number of hydrogen-bond acceptors (Lipinski definition) is 3. The van der Waals surface area contributed by atoms with Crippen LogP contribution in [-0.2, 0) is 12.8 Å². The van der Waals surface area contributed by atoms with Crippen LogP contribution in [0.4, 0.5) is 0 Å². The number of hydrogen-bond donors (Lipinski definition) is 0. The van der Waals surface area contributed by atoms with Crippen LogP contribution in [0.3, 0.4) is 0 Å². The van der Waals surface area contributed by atoms with Gasteiger partial charge in [-0.1, -0.05) is 65.8 Å². The Labute approximate surface area is 207 Å². The molecule has 176 valence electrons. The molecule has 3 heteroatoms. The van der Waals surface area contributed by atoms with Crippen molar-refractivity contribution in [2.24, 2.45) is 10.8 Å². The predicted molar refractivity (Wildman–Crippen MR) is 146 cm³/mol. The van der Waals surface area contributed by atoms with Gasteiger partial charge in [-0.3, -0.25) is 9.97 Å². The zero-order chi connectivity index (χ0) is 24.5. The van der Waals surface area contributed by atoms with Gasteiger partial charge in [0, 0.05) is 34.6 Å². The number of pyridine rings is 2. The minimum Gasteiger partial charge on any atom is -0.456 e. The number of rotatable bonds is 2. The zero-order valence-corrected chi connectivity index (χ0v) is 21.5. The van der Waals surface area contributed by atoms with Crippen LogP contribution in [0.5, 0.6) is 11.5 Å². The summed E-state index contributed by atoms with van der Waals surface area (Å²) in [5.41, 5.74) is 4.76. The van der Waals surface area contributed by atoms with Crippen molar-refractivity contribution in [3.05, 3.63) is 72.2 Å². The summed E-state index contributed by atoms with van der Waals surface area (Å²) in [7, 11) is 0. The molecule has 35 heavy (non-hydrogen) atoms. The number of benzene rings is 3. The summed E-state index contributed by atoms with van der Waals surface area (Å²) < 4.78 is 6.82. The molecule has 3 heterocycles. The minimum absolute atomic E-state index is 0.123. The first-order chi connectivity index (χ1) is 16.6. The second-order valence-electron chi connectivity index (χ2n) is 12.4. The molecule has 0 bridgehead atoms. The van der Waals surface area contributed by atoms with Crippen LogP contribution < -0.4 is 4.74 Å². The fourth-order valence-corrected chi connectivity index (χ4v) is 5.45. The Morgan fingerprint density at radius 1 is 0.743 bits per heavy atom. The van der Waals surface area contributed by atoms with Crippen molar-refractivity contribution in [3.63, 3.8) is 0 Å². The third kappa shape index (κ3) is 3.83. The first-order valence-electron chi connectivity index (χ1n) is 12.5. The van der Waals surface area contributed by atoms with Gasteiger partial charge in [0.05, 0.1) is 11.1 Å². The van der Waals surface area contributed by atoms with Crippen molar-refractivity contribution in [1.82, 2.24) is 9.97 Å². The van der Waals surface area contributed by atoms with Gasteiger partial charge in [-0.2, -0.15) is 0 Å². The molecule has 0 spiro atoms. The lowest BCUT2D eigenvalue weighted by atomic mass is 9.83. The zero-order valence-electron chi connectivity index (χ0n) is 21.5. The molecule has 0 saturated heterocycles. The third-order valence-electron chi connectivity index (χ3n) is 6.76. The van der Waals surface area contributed by atoms with Crippen molar-refractivity contribution < 1.29 is 4.74 Å². The first kappa shape index (κ1) is 22.0. The van der Waals surface area contributed by atoms with E-state index in [-0.39, 0.29) is 10.8 Å². The van der Waals surface area contributed by atoms with Crippen LogP contribution in [-0.4, -0.2) is 9.97 Å². The summed E-state index contributed by atoms with van der Waals surface area (Å²) in [5, 5.41) is 7.02. The Kier molecular flexibility index (Phi) is 4.73. The third-order valence-corrected chi connectivity index (χ3v) is 6.76. The van der Waals surface area contributed by atoms with Crippen molar-refractivity contribution in [3.8, 4) is 22.8 Å². The van der Waals surface area contributed by atoms with E-state index in [9.17, 15) is 0 Å². The summed E-state index contributed by atoms with van der Waals surface area (Å²) in [6.45, 7) is 13.6. The van der Waals surface area contributed by atoms with Crippen LogP contribution in [0.25, 0.3) is 43.6 Å². The predicted octanol–water partition coefficient (Wildman–Crippen LogP) is 8.89. The van der Waals surface area contributed by atoms with Crippen LogP contribution >= 0.6 is 0 Å². The van der Waals surface area contributed by atoms with E-state index in [1.165, 1.54) is 21.7 Å². The fraction of sp³-hybridized carbons (Fsp3) is 0.312. The summed E-state index contributed by atoms with van der Waals surface area (Å²) in [4.78, 5) is 9.72. The normalized spacial score (nSPS) is 13.3. The average Bonchev–Trinajstić information content (AvgIpc) is 2.77. The molecular formula is C32H32N2O. The highest BCUT2D eigenvalue weighted by atomic mass is 16.5. The van der Waals surface area contributed by atoms with Crippen molar-refractivity contribution in [2.75, 3.05) is 0 Å². The molecule has 0 saturated carbocycles. The molecule has 0 atom stereocenters. The highest BCUT2D eigenvalue weighted by Gasteiger charge is 2.28. The van der Waals surface area contributed by atoms with Crippen molar-refractivity contribution >= 4 is 32.3 Å². The number of fused-ring (bicyclic) bond motifs is 5. The van der Waals surface area contributed by atoms with Crippen LogP contribution in [0.15, 0.2) is 60.9 Å². The van der Waals surface area contributed by atoms with Gasteiger partial charge in [0.15, 0.2) is 0 Å². The van der Waals surface area contributed by atoms with Crippen LogP contribution in [0, 0.1) is 10.8 Å². The summed E-state index contributed by atoms with van der Waals surface area (Å²) in [6, 6.07) is 17.4. The second-order valence-corrected chi connectivity index (χ2v) is 12.4. The molecule has 0 unspecified atom stereocenters. The lowest BCUT2D eigenvalue weighted by Gasteiger charge is -2.27. The van der Waals surface area contributed by atoms with E-state index in [2.05, 4.69) is 90.1 Å². The standard InChI is InChI=1S/C32H32N2O/c1-31(2,3)16-21-13-20-15-27-28-23(26(20)18-34-21)11-12-33-29(28)24-14-19-9-7-8-10-22(19)25(30(24)35-27)17-32(4,5)6/h7-15,18H,16-17H2,1-6H3. The van der Waals surface area contributed by atoms with E-state index < -0.39 is 0 Å². The van der Waals surface area contributed by atoms with Gasteiger partial charge in [0.1, 0.15) is 11.5 Å². The summed E-state index contributed by atoms with van der Waals surface area (Å²) >= 11 is 0. The van der Waals surface area contributed by atoms with Gasteiger partial charge in [-0.05, 0) is 69.5 Å². The quantitative estimate of drug-likeness (QED) is 0.242. The number of ether oxygens (including phenoxy) is 1. The van der Waals surface area contributed by atoms with E-state index in [0.717, 1.165) is 57.5 Å². The van der Waals surface area contributed by atoms with Gasteiger partial charge >= 0.3 is 0 Å². The Morgan fingerprint density at radius 2 is 1.51 bits per heavy atom. The monoisotopic (exact) mass is 460 g/mol. The molecule has 6 rings (SSSR count). The molecular weight excluding hydrogens is 428 g/mol. The number of aromatic nitrogens is 2. The summed E-state index contributed by atoms with van der Waals surface area (Å²) in [5.74, 6) is 1.84. The molecule has 3 nitrogen and oxygen atoms in total. The molecule has 3 aromatic carbocycles. The Hall–Kier alpha value is -3.46. The molecule has 0 radical (unpaired) electrons. The molecule has 0 fully saturated rings. The van der Waals surface area contributed by atoms with Crippen LogP contribution in [0.2, 0.25) is 0 Å². The van der Waals surface area contributed by atoms with Crippen molar-refractivity contribution in [2.45, 2.75) is 54.4 Å². The highest BCUT2D eigenvalue weighted by Crippen LogP contribution is 2.51. The van der Waals surface area contributed by atoms with Gasteiger partial charge in [0.25, 0.3) is 0 Å². The molecule has 2 aromatic heterocycles. The Bertz CT molecular complexity index is 1630. The fourth-order valence-electron chi connectivity index (χ4n) is 5.45. The van der Waals surface area contributed by atoms with E-state index in [4.69, 9.17) is 14.7 Å². The van der Waals surface area contributed by atoms with E-state index >= 15 is 0 Å². The average molecular weight is 461 g/mol. The van der Waals surface area contributed by atoms with E-state index in [1.54, 1.807) is 0 Å². The minimum atomic E-state index is 0.123. The molecule has 1 aliphatic heterocycles. The number of nitrogens with zero attached hydrogens (tertiary/aromatic N) is 2. The van der Waals surface area contributed by atoms with Gasteiger partial charge in [0.2, 0.25) is 0 Å². The summed E-state index contributed by atoms with van der Waals surface area (Å²) in [6.07, 6.45) is 5.82. The van der Waals surface area contributed by atoms with Gasteiger partial charge in [-0.25, -0.2) is 0 Å². The lowest BCUT2D eigenvalue weighted by Crippen LogP contribution is -2.12. The van der Waals surface area contributed by atoms with Gasteiger partial charge < -0.3 is 4.74 Å². The highest BCUT2D eigenvalue weighted by molar-refractivity contribution is 6.16. The second kappa shape index (κ2) is 7.52. The lowest BCUT2D eigenvalue weighted by molar-refractivity contribution is 0.400. The molecule has 5 aromatic rings. The maximum absolute atomic E-state index is 6.82. The maximum Gasteiger partial charge on any atom is 0.140 e.